The molecule has 0 amide bonds. The van der Waals surface area contributed by atoms with Crippen LogP contribution in [0.2, 0.25) is 0 Å². The van der Waals surface area contributed by atoms with Gasteiger partial charge >= 0.3 is 0 Å². The average molecular weight is 434 g/mol. The molecular weight excluding hydrogens is 407 g/mol. The Bertz CT molecular complexity index is 554. The van der Waals surface area contributed by atoms with Crippen molar-refractivity contribution in [3.63, 3.8) is 0 Å². The molecule has 0 spiro atoms. The molecule has 1 atom stereocenters. The quantitative estimate of drug-likeness (QED) is 0.420. The Morgan fingerprint density at radius 1 is 1.48 bits per heavy atom. The molecule has 1 unspecified atom stereocenters. The van der Waals surface area contributed by atoms with E-state index in [4.69, 9.17) is 4.74 Å². The van der Waals surface area contributed by atoms with Gasteiger partial charge in [0.05, 0.1) is 19.8 Å². The normalized spacial score (nSPS) is 22.6. The molecule has 1 saturated heterocycles. The molecule has 1 aromatic rings. The van der Waals surface area contributed by atoms with Crippen molar-refractivity contribution in [3.8, 4) is 0 Å². The lowest BCUT2D eigenvalue weighted by Crippen LogP contribution is -2.53. The summed E-state index contributed by atoms with van der Waals surface area (Å²) in [5.41, 5.74) is 0.235. The average Bonchev–Trinajstić information content (AvgIpc) is 2.91. The van der Waals surface area contributed by atoms with Crippen molar-refractivity contribution in [2.24, 2.45) is 10.4 Å². The summed E-state index contributed by atoms with van der Waals surface area (Å²) >= 11 is 0. The van der Waals surface area contributed by atoms with Crippen LogP contribution in [-0.2, 0) is 24.1 Å². The third-order valence-corrected chi connectivity index (χ3v) is 4.37. The number of nitrogens with one attached hydrogen (secondary N) is 2. The molecule has 8 heteroatoms. The van der Waals surface area contributed by atoms with Gasteiger partial charge in [-0.15, -0.1) is 24.0 Å². The van der Waals surface area contributed by atoms with Crippen LogP contribution in [0.25, 0.3) is 0 Å². The summed E-state index contributed by atoms with van der Waals surface area (Å²) in [6, 6.07) is 0.343. The van der Waals surface area contributed by atoms with Crippen LogP contribution in [0.1, 0.15) is 31.9 Å². The number of aliphatic imine (C=N–C) groups is 1. The Hall–Kier alpha value is -0.900. The van der Waals surface area contributed by atoms with Gasteiger partial charge in [0.2, 0.25) is 0 Å². The molecule has 7 nitrogen and oxygen atoms in total. The maximum atomic E-state index is 5.29. The number of aryl methyl sites for hydroxylation is 2. The minimum atomic E-state index is 0. The second-order valence-corrected chi connectivity index (χ2v) is 6.59. The lowest BCUT2D eigenvalue weighted by atomic mass is 9.89. The predicted molar refractivity (Wildman–Crippen MR) is 100 cm³/mol. The van der Waals surface area contributed by atoms with Crippen LogP contribution in [0.5, 0.6) is 0 Å². The summed E-state index contributed by atoms with van der Waals surface area (Å²) in [4.78, 5) is 8.88. The molecule has 0 bridgehead atoms. The molecule has 3 heterocycles. The first-order valence-electron chi connectivity index (χ1n) is 8.09. The van der Waals surface area contributed by atoms with Gasteiger partial charge in [-0.05, 0) is 6.42 Å². The summed E-state index contributed by atoms with van der Waals surface area (Å²) in [5.74, 6) is 2.91. The standard InChI is InChI=1S/C15H26N6O.HI/c1-4-12-19-13-6-5-11(7-21(13)20-12)18-14(16-3)17-8-15(2)9-22-10-15;/h11H,4-10H2,1-3H3,(H2,16,17,18);1H. The highest BCUT2D eigenvalue weighted by molar-refractivity contribution is 14.0. The Labute approximate surface area is 154 Å². The van der Waals surface area contributed by atoms with Crippen LogP contribution in [0.15, 0.2) is 4.99 Å². The number of hydrogen-bond donors (Lipinski definition) is 2. The third-order valence-electron chi connectivity index (χ3n) is 4.37. The topological polar surface area (TPSA) is 76.4 Å². The third kappa shape index (κ3) is 4.34. The van der Waals surface area contributed by atoms with Gasteiger partial charge in [0.25, 0.3) is 0 Å². The maximum Gasteiger partial charge on any atom is 0.191 e. The van der Waals surface area contributed by atoms with E-state index in [1.807, 2.05) is 11.7 Å². The van der Waals surface area contributed by atoms with Gasteiger partial charge in [-0.3, -0.25) is 4.99 Å². The van der Waals surface area contributed by atoms with Crippen LogP contribution in [-0.4, -0.2) is 53.6 Å². The number of fused-ring (bicyclic) bond motifs is 1. The summed E-state index contributed by atoms with van der Waals surface area (Å²) in [5, 5.41) is 11.5. The highest BCUT2D eigenvalue weighted by Gasteiger charge is 2.33. The molecule has 2 aliphatic rings. The van der Waals surface area contributed by atoms with Crippen molar-refractivity contribution in [2.75, 3.05) is 26.8 Å². The van der Waals surface area contributed by atoms with Gasteiger partial charge in [-0.2, -0.15) is 5.10 Å². The molecule has 0 aromatic carbocycles. The van der Waals surface area contributed by atoms with Gasteiger partial charge in [0.1, 0.15) is 5.82 Å². The fourth-order valence-corrected chi connectivity index (χ4v) is 2.87. The molecule has 2 aliphatic heterocycles. The molecule has 130 valence electrons. The van der Waals surface area contributed by atoms with E-state index in [0.717, 1.165) is 63.2 Å². The number of nitrogens with zero attached hydrogens (tertiary/aromatic N) is 4. The Morgan fingerprint density at radius 2 is 2.26 bits per heavy atom. The Kier molecular flexibility index (Phi) is 6.24. The lowest BCUT2D eigenvalue weighted by Gasteiger charge is -2.38. The van der Waals surface area contributed by atoms with E-state index >= 15 is 0 Å². The molecule has 1 aromatic heterocycles. The summed E-state index contributed by atoms with van der Waals surface area (Å²) < 4.78 is 7.32. The van der Waals surface area contributed by atoms with Crippen LogP contribution < -0.4 is 10.6 Å². The first-order chi connectivity index (χ1) is 10.6. The van der Waals surface area contributed by atoms with Crippen LogP contribution in [0.4, 0.5) is 0 Å². The SMILES string of the molecule is CCc1nc2n(n1)CC(NC(=NC)NCC1(C)COC1)CC2.I. The predicted octanol–water partition coefficient (Wildman–Crippen LogP) is 0.975. The van der Waals surface area contributed by atoms with Crippen molar-refractivity contribution in [3.05, 3.63) is 11.6 Å². The van der Waals surface area contributed by atoms with Crippen LogP contribution in [0, 0.1) is 5.41 Å². The molecule has 1 fully saturated rings. The first kappa shape index (κ1) is 18.4. The maximum absolute atomic E-state index is 5.29. The summed E-state index contributed by atoms with van der Waals surface area (Å²) in [6.45, 7) is 7.70. The summed E-state index contributed by atoms with van der Waals surface area (Å²) in [7, 11) is 1.81. The van der Waals surface area contributed by atoms with Gasteiger partial charge in [-0.1, -0.05) is 13.8 Å². The van der Waals surface area contributed by atoms with E-state index in [0.29, 0.717) is 6.04 Å². The van der Waals surface area contributed by atoms with Crippen molar-refractivity contribution in [2.45, 2.75) is 45.7 Å². The molecule has 0 saturated carbocycles. The van der Waals surface area contributed by atoms with Crippen molar-refractivity contribution in [1.82, 2.24) is 25.4 Å². The lowest BCUT2D eigenvalue weighted by molar-refractivity contribution is -0.0971. The van der Waals surface area contributed by atoms with Crippen molar-refractivity contribution in [1.29, 1.82) is 0 Å². The van der Waals surface area contributed by atoms with E-state index in [1.54, 1.807) is 0 Å². The molecule has 0 aliphatic carbocycles. The van der Waals surface area contributed by atoms with Crippen molar-refractivity contribution >= 4 is 29.9 Å². The van der Waals surface area contributed by atoms with Gasteiger partial charge in [-0.25, -0.2) is 9.67 Å². The zero-order valence-electron chi connectivity index (χ0n) is 14.1. The number of hydrogen-bond acceptors (Lipinski definition) is 4. The number of rotatable bonds is 4. The monoisotopic (exact) mass is 434 g/mol. The van der Waals surface area contributed by atoms with E-state index in [-0.39, 0.29) is 29.4 Å². The molecule has 0 radical (unpaired) electrons. The number of ether oxygens (including phenoxy) is 1. The number of aromatic nitrogens is 3. The smallest absolute Gasteiger partial charge is 0.191 e. The molecular formula is C15H27IN6O. The van der Waals surface area contributed by atoms with Gasteiger partial charge in [0.15, 0.2) is 11.8 Å². The van der Waals surface area contributed by atoms with E-state index in [1.165, 1.54) is 0 Å². The number of guanidine groups is 1. The zero-order chi connectivity index (χ0) is 15.6. The first-order valence-corrected chi connectivity index (χ1v) is 8.09. The second kappa shape index (κ2) is 7.78. The molecule has 2 N–H and O–H groups in total. The fraction of sp³-hybridized carbons (Fsp3) is 0.800. The fourth-order valence-electron chi connectivity index (χ4n) is 2.87. The minimum Gasteiger partial charge on any atom is -0.380 e. The highest BCUT2D eigenvalue weighted by Crippen LogP contribution is 2.25. The van der Waals surface area contributed by atoms with Gasteiger partial charge < -0.3 is 15.4 Å². The van der Waals surface area contributed by atoms with Crippen LogP contribution in [0.3, 0.4) is 0 Å². The Balaban J connectivity index is 0.00000192. The van der Waals surface area contributed by atoms with Crippen LogP contribution >= 0.6 is 24.0 Å². The van der Waals surface area contributed by atoms with E-state index < -0.39 is 0 Å². The van der Waals surface area contributed by atoms with E-state index in [9.17, 15) is 0 Å². The largest absolute Gasteiger partial charge is 0.380 e. The molecule has 3 rings (SSSR count). The summed E-state index contributed by atoms with van der Waals surface area (Å²) in [6.07, 6.45) is 2.91. The second-order valence-electron chi connectivity index (χ2n) is 6.59. The van der Waals surface area contributed by atoms with Crippen molar-refractivity contribution < 1.29 is 4.74 Å². The molecule has 23 heavy (non-hydrogen) atoms. The highest BCUT2D eigenvalue weighted by atomic mass is 127. The zero-order valence-corrected chi connectivity index (χ0v) is 16.5. The van der Waals surface area contributed by atoms with E-state index in [2.05, 4.69) is 39.6 Å². The number of halogens is 1. The Morgan fingerprint density at radius 3 is 2.87 bits per heavy atom. The van der Waals surface area contributed by atoms with Gasteiger partial charge in [0, 0.05) is 37.9 Å². The minimum absolute atomic E-state index is 0.